The average molecular weight is 518 g/mol. The molecule has 196 valence electrons. The van der Waals surface area contributed by atoms with E-state index in [1.54, 1.807) is 7.11 Å². The van der Waals surface area contributed by atoms with E-state index in [0.717, 1.165) is 23.3 Å². The molecule has 36 heavy (non-hydrogen) atoms. The molecule has 1 aliphatic rings. The molecule has 8 nitrogen and oxygen atoms in total. The fourth-order valence-corrected chi connectivity index (χ4v) is 4.58. The Hall–Kier alpha value is -2.88. The van der Waals surface area contributed by atoms with Crippen molar-refractivity contribution in [3.8, 4) is 11.5 Å². The number of nitrogens with one attached hydrogen (secondary N) is 1. The van der Waals surface area contributed by atoms with Crippen molar-refractivity contribution in [3.63, 3.8) is 0 Å². The van der Waals surface area contributed by atoms with Crippen LogP contribution in [0.25, 0.3) is 0 Å². The number of methoxy groups -OCH3 is 1. The molecule has 1 amide bonds. The summed E-state index contributed by atoms with van der Waals surface area (Å²) in [5, 5.41) is 0. The first-order chi connectivity index (χ1) is 17.1. The molecule has 1 heterocycles. The highest BCUT2D eigenvalue weighted by molar-refractivity contribution is 7.89. The summed E-state index contributed by atoms with van der Waals surface area (Å²) in [6.45, 7) is 4.31. The van der Waals surface area contributed by atoms with E-state index in [1.807, 2.05) is 85.3 Å². The fourth-order valence-electron chi connectivity index (χ4n) is 4.07. The summed E-state index contributed by atoms with van der Waals surface area (Å²) in [6, 6.07) is 17.3. The van der Waals surface area contributed by atoms with Crippen LogP contribution in [0.5, 0.6) is 11.5 Å². The van der Waals surface area contributed by atoms with Crippen LogP contribution in [-0.4, -0.2) is 46.2 Å². The summed E-state index contributed by atoms with van der Waals surface area (Å²) < 4.78 is 48.8. The molecule has 3 atom stereocenters. The lowest BCUT2D eigenvalue weighted by Gasteiger charge is -2.43. The number of hydrogen-bond donors (Lipinski definition) is 1. The molecule has 0 aromatic heterocycles. The Kier molecular flexibility index (Phi) is 9.53. The maximum Gasteiger partial charge on any atom is 0.233 e. The number of ether oxygens (including phenoxy) is 4. The molecule has 9 heteroatoms. The molecule has 0 aliphatic carbocycles. The van der Waals surface area contributed by atoms with Gasteiger partial charge in [0.2, 0.25) is 15.9 Å². The molecule has 1 N–H and O–H groups in total. The van der Waals surface area contributed by atoms with Gasteiger partial charge in [0.1, 0.15) is 11.5 Å². The van der Waals surface area contributed by atoms with Crippen LogP contribution in [0, 0.1) is 5.92 Å². The normalized spacial score (nSPS) is 20.7. The zero-order valence-corrected chi connectivity index (χ0v) is 22.0. The summed E-state index contributed by atoms with van der Waals surface area (Å²) >= 11 is 0. The minimum atomic E-state index is -3.54. The molecule has 0 bridgehead atoms. The molecule has 1 saturated heterocycles. The maximum atomic E-state index is 11.7. The third-order valence-electron chi connectivity index (χ3n) is 5.74. The first-order valence-corrected chi connectivity index (χ1v) is 13.8. The zero-order chi connectivity index (χ0) is 26.2. The molecule has 0 spiro atoms. The van der Waals surface area contributed by atoms with Gasteiger partial charge in [0.25, 0.3) is 0 Å². The second-order valence-electron chi connectivity index (χ2n) is 9.29. The number of carbonyl (C=O) groups is 1. The number of amides is 1. The van der Waals surface area contributed by atoms with E-state index in [2.05, 4.69) is 0 Å². The molecule has 3 rings (SSSR count). The lowest BCUT2D eigenvalue weighted by atomic mass is 9.90. The van der Waals surface area contributed by atoms with Gasteiger partial charge < -0.3 is 18.9 Å². The van der Waals surface area contributed by atoms with Gasteiger partial charge in [-0.05, 0) is 44.9 Å². The molecule has 2 aromatic carbocycles. The molecular formula is C27H35NO7S. The standard InChI is InChI=1S/C27H35NO7S/c1-27(2,35-21-14-8-6-9-15-21)26-33-19-20(13-7-5-10-18-24(29)28-36(4,30)31)25(34-26)22-16-11-12-17-23(22)32-3/h5-9,11-12,14-17,20,25-26H,10,13,18-19H2,1-4H3,(H,28,29)/b7-5-. The second-order valence-corrected chi connectivity index (χ2v) is 11.0. The van der Waals surface area contributed by atoms with Crippen LogP contribution in [0.4, 0.5) is 0 Å². The number of benzene rings is 2. The molecule has 1 fully saturated rings. The smallest absolute Gasteiger partial charge is 0.233 e. The molecule has 3 unspecified atom stereocenters. The number of hydrogen-bond acceptors (Lipinski definition) is 7. The van der Waals surface area contributed by atoms with Crippen molar-refractivity contribution in [2.75, 3.05) is 20.0 Å². The first kappa shape index (κ1) is 27.7. The number of carbonyl (C=O) groups excluding carboxylic acids is 1. The molecular weight excluding hydrogens is 482 g/mol. The Balaban J connectivity index is 1.70. The summed E-state index contributed by atoms with van der Waals surface area (Å²) in [5.41, 5.74) is 0.171. The Morgan fingerprint density at radius 1 is 1.11 bits per heavy atom. The highest BCUT2D eigenvalue weighted by Gasteiger charge is 2.42. The summed E-state index contributed by atoms with van der Waals surface area (Å²) in [5.74, 6) is 0.929. The second kappa shape index (κ2) is 12.4. The summed E-state index contributed by atoms with van der Waals surface area (Å²) in [7, 11) is -1.91. The summed E-state index contributed by atoms with van der Waals surface area (Å²) in [6.07, 6.45) is 5.03. The highest BCUT2D eigenvalue weighted by atomic mass is 32.2. The van der Waals surface area contributed by atoms with Crippen LogP contribution in [0.3, 0.4) is 0 Å². The van der Waals surface area contributed by atoms with Gasteiger partial charge in [-0.3, -0.25) is 9.52 Å². The van der Waals surface area contributed by atoms with Crippen LogP contribution in [0.2, 0.25) is 0 Å². The van der Waals surface area contributed by atoms with Crippen molar-refractivity contribution in [2.45, 2.75) is 51.1 Å². The van der Waals surface area contributed by atoms with Gasteiger partial charge in [0.05, 0.1) is 26.1 Å². The zero-order valence-electron chi connectivity index (χ0n) is 21.2. The predicted molar refractivity (Wildman–Crippen MR) is 137 cm³/mol. The fraction of sp³-hybridized carbons (Fsp3) is 0.444. The molecule has 2 aromatic rings. The van der Waals surface area contributed by atoms with E-state index in [1.165, 1.54) is 0 Å². The van der Waals surface area contributed by atoms with Crippen molar-refractivity contribution in [2.24, 2.45) is 5.92 Å². The number of sulfonamides is 1. The number of allylic oxidation sites excluding steroid dienone is 2. The van der Waals surface area contributed by atoms with Gasteiger partial charge in [0.15, 0.2) is 11.9 Å². The van der Waals surface area contributed by atoms with Gasteiger partial charge >= 0.3 is 0 Å². The average Bonchev–Trinajstić information content (AvgIpc) is 2.83. The van der Waals surface area contributed by atoms with E-state index in [9.17, 15) is 13.2 Å². The van der Waals surface area contributed by atoms with E-state index in [-0.39, 0.29) is 18.4 Å². The number of para-hydroxylation sites is 2. The number of rotatable bonds is 11. The molecule has 0 radical (unpaired) electrons. The van der Waals surface area contributed by atoms with Crippen LogP contribution in [0.1, 0.15) is 44.8 Å². The monoisotopic (exact) mass is 517 g/mol. The first-order valence-electron chi connectivity index (χ1n) is 11.9. The van der Waals surface area contributed by atoms with E-state index < -0.39 is 27.8 Å². The Morgan fingerprint density at radius 2 is 1.81 bits per heavy atom. The van der Waals surface area contributed by atoms with E-state index >= 15 is 0 Å². The minimum Gasteiger partial charge on any atom is -0.496 e. The third-order valence-corrected chi connectivity index (χ3v) is 6.34. The van der Waals surface area contributed by atoms with Crippen molar-refractivity contribution in [3.05, 3.63) is 72.3 Å². The SMILES string of the molecule is COc1ccccc1C1OC(C(C)(C)Oc2ccccc2)OCC1C/C=C\CCC(=O)NS(C)(=O)=O. The highest BCUT2D eigenvalue weighted by Crippen LogP contribution is 2.41. The summed E-state index contributed by atoms with van der Waals surface area (Å²) in [4.78, 5) is 11.7. The minimum absolute atomic E-state index is 0.00817. The van der Waals surface area contributed by atoms with Crippen LogP contribution in [0.15, 0.2) is 66.7 Å². The van der Waals surface area contributed by atoms with Crippen LogP contribution in [-0.2, 0) is 24.3 Å². The maximum absolute atomic E-state index is 11.7. The van der Waals surface area contributed by atoms with Crippen molar-refractivity contribution < 1.29 is 32.2 Å². The van der Waals surface area contributed by atoms with Crippen LogP contribution >= 0.6 is 0 Å². The van der Waals surface area contributed by atoms with Gasteiger partial charge in [-0.1, -0.05) is 48.6 Å². The third kappa shape index (κ3) is 8.08. The van der Waals surface area contributed by atoms with Gasteiger partial charge in [-0.25, -0.2) is 8.42 Å². The van der Waals surface area contributed by atoms with Gasteiger partial charge in [0, 0.05) is 17.9 Å². The van der Waals surface area contributed by atoms with Gasteiger partial charge in [-0.15, -0.1) is 0 Å². The largest absolute Gasteiger partial charge is 0.496 e. The van der Waals surface area contributed by atoms with Crippen molar-refractivity contribution >= 4 is 15.9 Å². The topological polar surface area (TPSA) is 100 Å². The van der Waals surface area contributed by atoms with Gasteiger partial charge in [-0.2, -0.15) is 0 Å². The lowest BCUT2D eigenvalue weighted by molar-refractivity contribution is -0.288. The predicted octanol–water partition coefficient (Wildman–Crippen LogP) is 4.39. The van der Waals surface area contributed by atoms with Crippen LogP contribution < -0.4 is 14.2 Å². The van der Waals surface area contributed by atoms with E-state index in [0.29, 0.717) is 19.4 Å². The lowest BCUT2D eigenvalue weighted by Crippen LogP contribution is -2.50. The molecule has 1 aliphatic heterocycles. The van der Waals surface area contributed by atoms with E-state index in [4.69, 9.17) is 18.9 Å². The quantitative estimate of drug-likeness (QED) is 0.442. The Bertz CT molecular complexity index is 1130. The van der Waals surface area contributed by atoms with Crippen molar-refractivity contribution in [1.29, 1.82) is 0 Å². The molecule has 0 saturated carbocycles. The Morgan fingerprint density at radius 3 is 2.50 bits per heavy atom. The van der Waals surface area contributed by atoms with Crippen molar-refractivity contribution in [1.82, 2.24) is 4.72 Å². The Labute approximate surface area is 213 Å².